The van der Waals surface area contributed by atoms with Crippen LogP contribution in [0.15, 0.2) is 96.1 Å². The molecule has 1 unspecified atom stereocenters. The first-order chi connectivity index (χ1) is 17.2. The Morgan fingerprint density at radius 3 is 2.37 bits per heavy atom. The van der Waals surface area contributed by atoms with Gasteiger partial charge in [0.25, 0.3) is 0 Å². The van der Waals surface area contributed by atoms with Gasteiger partial charge < -0.3 is 0 Å². The molecule has 0 saturated carbocycles. The maximum Gasteiger partial charge on any atom is 0.210 e. The summed E-state index contributed by atoms with van der Waals surface area (Å²) in [4.78, 5) is 15.1. The highest BCUT2D eigenvalue weighted by Gasteiger charge is 2.33. The van der Waals surface area contributed by atoms with Crippen molar-refractivity contribution in [1.29, 1.82) is 0 Å². The molecule has 6 aromatic rings. The molecule has 0 fully saturated rings. The van der Waals surface area contributed by atoms with E-state index in [2.05, 4.69) is 42.5 Å². The second-order valence-corrected chi connectivity index (χ2v) is 9.48. The summed E-state index contributed by atoms with van der Waals surface area (Å²) in [7, 11) is 0. The normalized spacial score (nSPS) is 15.9. The predicted molar refractivity (Wildman–Crippen MR) is 139 cm³/mol. The summed E-state index contributed by atoms with van der Waals surface area (Å²) in [5.74, 6) is -0.259. The Hall–Kier alpha value is -4.23. The third-order valence-electron chi connectivity index (χ3n) is 6.38. The van der Waals surface area contributed by atoms with Crippen LogP contribution < -0.4 is 5.01 Å². The van der Waals surface area contributed by atoms with Crippen LogP contribution in [0.3, 0.4) is 0 Å². The lowest BCUT2D eigenvalue weighted by molar-refractivity contribution is 0.627. The number of benzene rings is 4. The van der Waals surface area contributed by atoms with Crippen LogP contribution in [-0.4, -0.2) is 20.7 Å². The lowest BCUT2D eigenvalue weighted by atomic mass is 9.94. The molecule has 0 spiro atoms. The van der Waals surface area contributed by atoms with Gasteiger partial charge in [0.15, 0.2) is 10.5 Å². The molecule has 35 heavy (non-hydrogen) atoms. The van der Waals surface area contributed by atoms with E-state index in [0.717, 1.165) is 32.3 Å². The Morgan fingerprint density at radius 1 is 0.771 bits per heavy atom. The Kier molecular flexibility index (Phi) is 4.57. The number of nitrogens with zero attached hydrogens (tertiary/aromatic N) is 5. The molecule has 1 aliphatic rings. The van der Waals surface area contributed by atoms with Gasteiger partial charge >= 0.3 is 0 Å². The molecular formula is C28H18FN5S. The van der Waals surface area contributed by atoms with E-state index in [-0.39, 0.29) is 11.9 Å². The molecule has 3 heterocycles. The Balaban J connectivity index is 1.40. The minimum Gasteiger partial charge on any atom is -0.232 e. The number of aromatic nitrogens is 3. The van der Waals surface area contributed by atoms with Crippen molar-refractivity contribution in [3.8, 4) is 0 Å². The number of fused-ring (bicyclic) bond motifs is 3. The van der Waals surface area contributed by atoms with Crippen molar-refractivity contribution in [3.05, 3.63) is 108 Å². The fourth-order valence-corrected chi connectivity index (χ4v) is 5.59. The average Bonchev–Trinajstić information content (AvgIpc) is 3.51. The van der Waals surface area contributed by atoms with Crippen molar-refractivity contribution < 1.29 is 4.39 Å². The zero-order valence-corrected chi connectivity index (χ0v) is 19.3. The minimum atomic E-state index is -0.259. The van der Waals surface area contributed by atoms with Gasteiger partial charge in [-0.15, -0.1) is 0 Å². The second kappa shape index (κ2) is 7.92. The summed E-state index contributed by atoms with van der Waals surface area (Å²) in [5, 5.41) is 10.1. The van der Waals surface area contributed by atoms with Crippen LogP contribution in [0.2, 0.25) is 0 Å². The largest absolute Gasteiger partial charge is 0.232 e. The van der Waals surface area contributed by atoms with Gasteiger partial charge in [0.05, 0.1) is 22.8 Å². The summed E-state index contributed by atoms with van der Waals surface area (Å²) in [5.41, 5.74) is 5.26. The first-order valence-corrected chi connectivity index (χ1v) is 12.2. The quantitative estimate of drug-likeness (QED) is 0.280. The van der Waals surface area contributed by atoms with Gasteiger partial charge in [-0.2, -0.15) is 10.1 Å². The van der Waals surface area contributed by atoms with Crippen molar-refractivity contribution >= 4 is 54.5 Å². The summed E-state index contributed by atoms with van der Waals surface area (Å²) < 4.78 is 13.6. The summed E-state index contributed by atoms with van der Waals surface area (Å²) >= 11 is 1.49. The van der Waals surface area contributed by atoms with Crippen LogP contribution in [0.5, 0.6) is 0 Å². The standard InChI is InChI=1S/C28H18FN5S/c29-19-14-12-18(13-15-19)24-16-25(21-9-5-7-17-6-1-2-8-20(17)21)34(33-24)28-32-26-27(35-28)31-23-11-4-3-10-22(23)30-26/h1-15,25H,16H2. The number of rotatable bonds is 3. The molecule has 7 rings (SSSR count). The van der Waals surface area contributed by atoms with Crippen molar-refractivity contribution in [2.45, 2.75) is 12.5 Å². The van der Waals surface area contributed by atoms with Gasteiger partial charge in [0.2, 0.25) is 5.13 Å². The van der Waals surface area contributed by atoms with Gasteiger partial charge in [0, 0.05) is 6.42 Å². The lowest BCUT2D eigenvalue weighted by Gasteiger charge is -2.22. The van der Waals surface area contributed by atoms with E-state index in [9.17, 15) is 4.39 Å². The molecular weight excluding hydrogens is 457 g/mol. The zero-order valence-electron chi connectivity index (χ0n) is 18.5. The molecule has 0 bridgehead atoms. The molecule has 1 aliphatic heterocycles. The van der Waals surface area contributed by atoms with Gasteiger partial charge in [-0.3, -0.25) is 0 Å². The molecule has 0 amide bonds. The van der Waals surface area contributed by atoms with Crippen molar-refractivity contribution in [2.75, 3.05) is 5.01 Å². The molecule has 0 radical (unpaired) electrons. The van der Waals surface area contributed by atoms with E-state index >= 15 is 0 Å². The van der Waals surface area contributed by atoms with E-state index in [0.29, 0.717) is 12.1 Å². The number of hydrogen-bond donors (Lipinski definition) is 0. The Morgan fingerprint density at radius 2 is 1.51 bits per heavy atom. The van der Waals surface area contributed by atoms with Crippen LogP contribution in [0.4, 0.5) is 9.52 Å². The molecule has 168 valence electrons. The van der Waals surface area contributed by atoms with E-state index in [1.807, 2.05) is 29.3 Å². The first kappa shape index (κ1) is 20.2. The fourth-order valence-electron chi connectivity index (χ4n) is 4.70. The van der Waals surface area contributed by atoms with Gasteiger partial charge in [-0.05, 0) is 46.2 Å². The molecule has 2 aromatic heterocycles. The molecule has 7 heteroatoms. The average molecular weight is 476 g/mol. The highest BCUT2D eigenvalue weighted by Crippen LogP contribution is 2.41. The summed E-state index contributed by atoms with van der Waals surface area (Å²) in [6, 6.07) is 29.0. The number of para-hydroxylation sites is 2. The lowest BCUT2D eigenvalue weighted by Crippen LogP contribution is -2.18. The molecule has 0 aliphatic carbocycles. The van der Waals surface area contributed by atoms with E-state index in [1.165, 1.54) is 39.8 Å². The summed E-state index contributed by atoms with van der Waals surface area (Å²) in [6.07, 6.45) is 0.679. The molecule has 4 aromatic carbocycles. The van der Waals surface area contributed by atoms with Crippen LogP contribution >= 0.6 is 11.3 Å². The minimum absolute atomic E-state index is 0.0591. The van der Waals surface area contributed by atoms with E-state index in [4.69, 9.17) is 20.1 Å². The van der Waals surface area contributed by atoms with Crippen molar-refractivity contribution in [2.24, 2.45) is 5.10 Å². The number of anilines is 1. The van der Waals surface area contributed by atoms with Crippen molar-refractivity contribution in [1.82, 2.24) is 15.0 Å². The van der Waals surface area contributed by atoms with Crippen LogP contribution in [0.25, 0.3) is 32.3 Å². The van der Waals surface area contributed by atoms with Crippen LogP contribution in [-0.2, 0) is 0 Å². The Labute approximate surface area is 204 Å². The molecule has 1 atom stereocenters. The third kappa shape index (κ3) is 3.43. The second-order valence-electron chi connectivity index (χ2n) is 8.52. The molecule has 0 saturated heterocycles. The SMILES string of the molecule is Fc1ccc(C2=NN(c3nc4nc5ccccc5nc4s3)C(c3cccc4ccccc34)C2)cc1. The van der Waals surface area contributed by atoms with Crippen molar-refractivity contribution in [3.63, 3.8) is 0 Å². The van der Waals surface area contributed by atoms with Gasteiger partial charge in [-0.1, -0.05) is 78.1 Å². The fraction of sp³-hybridized carbons (Fsp3) is 0.0714. The van der Waals surface area contributed by atoms with Crippen LogP contribution in [0, 0.1) is 5.82 Å². The molecule has 5 nitrogen and oxygen atoms in total. The highest BCUT2D eigenvalue weighted by molar-refractivity contribution is 7.21. The zero-order chi connectivity index (χ0) is 23.4. The third-order valence-corrected chi connectivity index (χ3v) is 7.31. The number of hydrogen-bond acceptors (Lipinski definition) is 6. The first-order valence-electron chi connectivity index (χ1n) is 11.4. The monoisotopic (exact) mass is 475 g/mol. The molecule has 0 N–H and O–H groups in total. The smallest absolute Gasteiger partial charge is 0.210 e. The Bertz CT molecular complexity index is 1700. The number of halogens is 1. The van der Waals surface area contributed by atoms with Gasteiger partial charge in [0.1, 0.15) is 5.82 Å². The van der Waals surface area contributed by atoms with E-state index < -0.39 is 0 Å². The maximum absolute atomic E-state index is 13.6. The van der Waals surface area contributed by atoms with Gasteiger partial charge in [-0.25, -0.2) is 19.4 Å². The van der Waals surface area contributed by atoms with Crippen LogP contribution in [0.1, 0.15) is 23.6 Å². The highest BCUT2D eigenvalue weighted by atomic mass is 32.1. The topological polar surface area (TPSA) is 54.3 Å². The summed E-state index contributed by atoms with van der Waals surface area (Å²) in [6.45, 7) is 0. The number of hydrazone groups is 1. The maximum atomic E-state index is 13.6. The number of thiazole rings is 1. The predicted octanol–water partition coefficient (Wildman–Crippen LogP) is 6.89. The van der Waals surface area contributed by atoms with E-state index in [1.54, 1.807) is 12.1 Å².